The van der Waals surface area contributed by atoms with Crippen LogP contribution in [0.3, 0.4) is 0 Å². The number of aromatic nitrogens is 2. The van der Waals surface area contributed by atoms with Crippen molar-refractivity contribution >= 4 is 11.8 Å². The van der Waals surface area contributed by atoms with Crippen LogP contribution in [-0.4, -0.2) is 52.7 Å². The van der Waals surface area contributed by atoms with Gasteiger partial charge in [0.25, 0.3) is 0 Å². The van der Waals surface area contributed by atoms with Crippen LogP contribution in [0.2, 0.25) is 0 Å². The van der Waals surface area contributed by atoms with Gasteiger partial charge in [-0.05, 0) is 13.8 Å². The zero-order valence-corrected chi connectivity index (χ0v) is 12.1. The van der Waals surface area contributed by atoms with Crippen molar-refractivity contribution in [2.45, 2.75) is 19.9 Å². The molecule has 1 saturated heterocycles. The van der Waals surface area contributed by atoms with E-state index in [4.69, 9.17) is 0 Å². The lowest BCUT2D eigenvalue weighted by molar-refractivity contribution is -0.136. The van der Waals surface area contributed by atoms with Crippen molar-refractivity contribution in [1.29, 1.82) is 0 Å². The number of carbonyl (C=O) groups is 2. The molecule has 1 aromatic rings. The first-order valence-corrected chi connectivity index (χ1v) is 6.75. The summed E-state index contributed by atoms with van der Waals surface area (Å²) in [5.41, 5.74) is 2.02. The summed E-state index contributed by atoms with van der Waals surface area (Å²) in [6, 6.07) is -0.116. The van der Waals surface area contributed by atoms with Crippen LogP contribution in [0.15, 0.2) is 6.20 Å². The minimum Gasteiger partial charge on any atom is -0.348 e. The highest BCUT2D eigenvalue weighted by Crippen LogP contribution is 2.15. The lowest BCUT2D eigenvalue weighted by Crippen LogP contribution is -2.51. The summed E-state index contributed by atoms with van der Waals surface area (Å²) in [7, 11) is 1.87. The molecule has 1 atom stereocenters. The maximum atomic E-state index is 12.0. The van der Waals surface area contributed by atoms with Gasteiger partial charge in [-0.1, -0.05) is 0 Å². The number of hydrogen-bond donors (Lipinski definition) is 2. The third kappa shape index (κ3) is 3.16. The Hall–Kier alpha value is -1.89. The van der Waals surface area contributed by atoms with Gasteiger partial charge >= 0.3 is 0 Å². The van der Waals surface area contributed by atoms with E-state index in [9.17, 15) is 9.59 Å². The van der Waals surface area contributed by atoms with E-state index < -0.39 is 0 Å². The monoisotopic (exact) mass is 279 g/mol. The van der Waals surface area contributed by atoms with Crippen LogP contribution in [0.25, 0.3) is 0 Å². The molecule has 0 aromatic carbocycles. The SMILES string of the molecule is Cc1c([C@H](C)NC(=O)CN2CCNCC2=O)cnn1C. The largest absolute Gasteiger partial charge is 0.348 e. The molecule has 2 heterocycles. The summed E-state index contributed by atoms with van der Waals surface area (Å²) in [6.45, 7) is 5.61. The lowest BCUT2D eigenvalue weighted by atomic mass is 10.1. The zero-order valence-electron chi connectivity index (χ0n) is 12.1. The van der Waals surface area contributed by atoms with Gasteiger partial charge in [-0.25, -0.2) is 0 Å². The molecular formula is C13H21N5O2. The predicted molar refractivity (Wildman–Crippen MR) is 74.0 cm³/mol. The van der Waals surface area contributed by atoms with Crippen molar-refractivity contribution in [2.24, 2.45) is 7.05 Å². The summed E-state index contributed by atoms with van der Waals surface area (Å²) >= 11 is 0. The number of aryl methyl sites for hydroxylation is 1. The summed E-state index contributed by atoms with van der Waals surface area (Å²) in [6.07, 6.45) is 1.76. The van der Waals surface area contributed by atoms with E-state index in [1.807, 2.05) is 20.9 Å². The minimum absolute atomic E-state index is 0.0309. The van der Waals surface area contributed by atoms with Crippen LogP contribution < -0.4 is 10.6 Å². The molecule has 7 heteroatoms. The van der Waals surface area contributed by atoms with Crippen LogP contribution in [-0.2, 0) is 16.6 Å². The number of nitrogens with one attached hydrogen (secondary N) is 2. The average Bonchev–Trinajstić information content (AvgIpc) is 2.73. The Labute approximate surface area is 118 Å². The highest BCUT2D eigenvalue weighted by atomic mass is 16.2. The molecule has 2 N–H and O–H groups in total. The molecule has 0 spiro atoms. The number of carbonyl (C=O) groups excluding carboxylic acids is 2. The highest BCUT2D eigenvalue weighted by molar-refractivity contribution is 5.86. The summed E-state index contributed by atoms with van der Waals surface area (Å²) in [5.74, 6) is -0.174. The van der Waals surface area contributed by atoms with Crippen molar-refractivity contribution < 1.29 is 9.59 Å². The van der Waals surface area contributed by atoms with E-state index in [0.717, 1.165) is 17.8 Å². The van der Waals surface area contributed by atoms with Gasteiger partial charge in [-0.3, -0.25) is 14.3 Å². The Balaban J connectivity index is 1.91. The smallest absolute Gasteiger partial charge is 0.240 e. The Morgan fingerprint density at radius 1 is 1.60 bits per heavy atom. The van der Waals surface area contributed by atoms with E-state index >= 15 is 0 Å². The van der Waals surface area contributed by atoms with Crippen LogP contribution in [0.5, 0.6) is 0 Å². The Morgan fingerprint density at radius 3 is 2.95 bits per heavy atom. The minimum atomic E-state index is -0.143. The first-order valence-electron chi connectivity index (χ1n) is 6.75. The van der Waals surface area contributed by atoms with Gasteiger partial charge in [0.2, 0.25) is 11.8 Å². The quantitative estimate of drug-likeness (QED) is 0.767. The topological polar surface area (TPSA) is 79.3 Å². The molecule has 0 bridgehead atoms. The molecule has 2 amide bonds. The molecule has 0 aliphatic carbocycles. The van der Waals surface area contributed by atoms with Crippen LogP contribution >= 0.6 is 0 Å². The van der Waals surface area contributed by atoms with Crippen LogP contribution in [0, 0.1) is 6.92 Å². The molecule has 0 radical (unpaired) electrons. The Bertz CT molecular complexity index is 511. The maximum Gasteiger partial charge on any atom is 0.240 e. The fourth-order valence-corrected chi connectivity index (χ4v) is 2.29. The van der Waals surface area contributed by atoms with Gasteiger partial charge in [-0.2, -0.15) is 5.10 Å². The van der Waals surface area contributed by atoms with Gasteiger partial charge < -0.3 is 15.5 Å². The van der Waals surface area contributed by atoms with Crippen molar-refractivity contribution in [3.05, 3.63) is 17.5 Å². The first kappa shape index (κ1) is 14.5. The molecule has 20 heavy (non-hydrogen) atoms. The highest BCUT2D eigenvalue weighted by Gasteiger charge is 2.21. The van der Waals surface area contributed by atoms with Gasteiger partial charge in [0, 0.05) is 31.4 Å². The fourth-order valence-electron chi connectivity index (χ4n) is 2.29. The molecule has 7 nitrogen and oxygen atoms in total. The van der Waals surface area contributed by atoms with E-state index in [2.05, 4.69) is 15.7 Å². The average molecular weight is 279 g/mol. The first-order chi connectivity index (χ1) is 9.49. The van der Waals surface area contributed by atoms with Gasteiger partial charge in [0.1, 0.15) is 0 Å². The van der Waals surface area contributed by atoms with Gasteiger partial charge in [0.05, 0.1) is 25.3 Å². The molecule has 1 aromatic heterocycles. The molecule has 1 fully saturated rings. The van der Waals surface area contributed by atoms with E-state index in [1.54, 1.807) is 15.8 Å². The second kappa shape index (κ2) is 6.04. The second-order valence-corrected chi connectivity index (χ2v) is 5.09. The van der Waals surface area contributed by atoms with Crippen LogP contribution in [0.4, 0.5) is 0 Å². The summed E-state index contributed by atoms with van der Waals surface area (Å²) in [5, 5.41) is 10.1. The number of nitrogens with zero attached hydrogens (tertiary/aromatic N) is 3. The van der Waals surface area contributed by atoms with E-state index in [0.29, 0.717) is 13.1 Å². The van der Waals surface area contributed by atoms with Gasteiger partial charge in [-0.15, -0.1) is 0 Å². The predicted octanol–water partition coefficient (Wildman–Crippen LogP) is -0.662. The van der Waals surface area contributed by atoms with Crippen molar-refractivity contribution in [3.63, 3.8) is 0 Å². The maximum absolute atomic E-state index is 12.0. The zero-order chi connectivity index (χ0) is 14.7. The molecule has 2 rings (SSSR count). The number of amides is 2. The van der Waals surface area contributed by atoms with E-state index in [1.165, 1.54) is 0 Å². The van der Waals surface area contributed by atoms with Crippen molar-refractivity contribution in [2.75, 3.05) is 26.2 Å². The molecule has 110 valence electrons. The third-order valence-electron chi connectivity index (χ3n) is 3.64. The normalized spacial score (nSPS) is 17.1. The Kier molecular flexibility index (Phi) is 4.39. The number of hydrogen-bond acceptors (Lipinski definition) is 4. The molecule has 0 unspecified atom stereocenters. The second-order valence-electron chi connectivity index (χ2n) is 5.09. The molecule has 1 aliphatic rings. The summed E-state index contributed by atoms with van der Waals surface area (Å²) < 4.78 is 1.78. The van der Waals surface area contributed by atoms with E-state index in [-0.39, 0.29) is 24.4 Å². The number of rotatable bonds is 4. The molecule has 0 saturated carbocycles. The van der Waals surface area contributed by atoms with Crippen molar-refractivity contribution in [3.8, 4) is 0 Å². The molecular weight excluding hydrogens is 258 g/mol. The van der Waals surface area contributed by atoms with Gasteiger partial charge in [0.15, 0.2) is 0 Å². The standard InChI is InChI=1S/C13H21N5O2/c1-9(11-6-15-17(3)10(11)2)16-12(19)8-18-5-4-14-7-13(18)20/h6,9,14H,4-5,7-8H2,1-3H3,(H,16,19)/t9-/m0/s1. The fraction of sp³-hybridized carbons (Fsp3) is 0.615. The van der Waals surface area contributed by atoms with Crippen LogP contribution in [0.1, 0.15) is 24.2 Å². The molecule has 1 aliphatic heterocycles. The number of piperazine rings is 1. The summed E-state index contributed by atoms with van der Waals surface area (Å²) in [4.78, 5) is 25.2. The van der Waals surface area contributed by atoms with Crippen molar-refractivity contribution in [1.82, 2.24) is 25.3 Å². The lowest BCUT2D eigenvalue weighted by Gasteiger charge is -2.27. The third-order valence-corrected chi connectivity index (χ3v) is 3.64. The Morgan fingerprint density at radius 2 is 2.35 bits per heavy atom.